The van der Waals surface area contributed by atoms with E-state index in [2.05, 4.69) is 5.10 Å². The zero-order chi connectivity index (χ0) is 20.4. The molecule has 4 aromatic rings. The lowest BCUT2D eigenvalue weighted by atomic mass is 10.1. The smallest absolute Gasteiger partial charge is 0.345 e. The predicted octanol–water partition coefficient (Wildman–Crippen LogP) is 3.04. The van der Waals surface area contributed by atoms with Gasteiger partial charge in [-0.3, -0.25) is 4.79 Å². The monoisotopic (exact) mass is 382 g/mol. The van der Waals surface area contributed by atoms with Crippen molar-refractivity contribution in [3.05, 3.63) is 88.4 Å². The topological polar surface area (TPSA) is 115 Å². The van der Waals surface area contributed by atoms with Gasteiger partial charge in [0.25, 0.3) is 5.91 Å². The van der Waals surface area contributed by atoms with Crippen LogP contribution >= 0.6 is 0 Å². The molecule has 2 aromatic heterocycles. The lowest BCUT2D eigenvalue weighted by Crippen LogP contribution is -2.12. The van der Waals surface area contributed by atoms with Crippen LogP contribution in [0.1, 0.15) is 5.56 Å². The van der Waals surface area contributed by atoms with Gasteiger partial charge in [0.05, 0.1) is 11.3 Å². The molecule has 0 fully saturated rings. The zero-order valence-electron chi connectivity index (χ0n) is 15.1. The molecule has 0 bridgehead atoms. The van der Waals surface area contributed by atoms with Crippen LogP contribution in [0.15, 0.2) is 81.6 Å². The van der Waals surface area contributed by atoms with E-state index in [1.165, 1.54) is 6.08 Å². The van der Waals surface area contributed by atoms with Gasteiger partial charge in [0.2, 0.25) is 0 Å². The molecule has 29 heavy (non-hydrogen) atoms. The standard InChI is InChI=1S/C22H14N4O3/c23-12-15(21(24)27)10-16-13-26(17-7-2-1-3-8-17)25-20(16)18-11-14-6-4-5-9-19(14)29-22(18)28/h1-11,13H,(H2,24,27). The van der Waals surface area contributed by atoms with E-state index >= 15 is 0 Å². The Hall–Kier alpha value is -4.44. The van der Waals surface area contributed by atoms with Crippen molar-refractivity contribution >= 4 is 23.0 Å². The van der Waals surface area contributed by atoms with Gasteiger partial charge in [-0.05, 0) is 30.3 Å². The number of hydrogen-bond donors (Lipinski definition) is 1. The Labute approximate surface area is 164 Å². The van der Waals surface area contributed by atoms with Crippen LogP contribution in [0.5, 0.6) is 0 Å². The molecular weight excluding hydrogens is 368 g/mol. The van der Waals surface area contributed by atoms with Crippen LogP contribution in [-0.2, 0) is 4.79 Å². The molecule has 1 amide bonds. The number of primary amides is 1. The normalized spacial score (nSPS) is 11.3. The Morgan fingerprint density at radius 3 is 2.59 bits per heavy atom. The number of carbonyl (C=O) groups excluding carboxylic acids is 1. The van der Waals surface area contributed by atoms with Gasteiger partial charge in [-0.15, -0.1) is 0 Å². The van der Waals surface area contributed by atoms with Crippen molar-refractivity contribution in [3.63, 3.8) is 0 Å². The number of nitrogens with zero attached hydrogens (tertiary/aromatic N) is 3. The Kier molecular flexibility index (Phi) is 4.51. The fraction of sp³-hybridized carbons (Fsp3) is 0. The number of hydrogen-bond acceptors (Lipinski definition) is 5. The number of nitriles is 1. The summed E-state index contributed by atoms with van der Waals surface area (Å²) in [5, 5.41) is 14.5. The van der Waals surface area contributed by atoms with Crippen molar-refractivity contribution in [1.29, 1.82) is 5.26 Å². The third-order valence-corrected chi connectivity index (χ3v) is 4.35. The SMILES string of the molecule is N#CC(=Cc1cn(-c2ccccc2)nc1-c1cc2ccccc2oc1=O)C(N)=O. The second-order valence-electron chi connectivity index (χ2n) is 6.23. The summed E-state index contributed by atoms with van der Waals surface area (Å²) in [5.74, 6) is -0.864. The van der Waals surface area contributed by atoms with Gasteiger partial charge in [0.1, 0.15) is 22.9 Å². The second-order valence-corrected chi connectivity index (χ2v) is 6.23. The molecule has 2 N–H and O–H groups in total. The first-order valence-electron chi connectivity index (χ1n) is 8.67. The number of amides is 1. The van der Waals surface area contributed by atoms with Crippen LogP contribution in [0.4, 0.5) is 0 Å². The maximum absolute atomic E-state index is 12.6. The molecular formula is C22H14N4O3. The summed E-state index contributed by atoms with van der Waals surface area (Å²) in [5.41, 5.74) is 6.54. The number of para-hydroxylation sites is 2. The highest BCUT2D eigenvalue weighted by Crippen LogP contribution is 2.26. The van der Waals surface area contributed by atoms with Crippen molar-refractivity contribution in [2.24, 2.45) is 5.73 Å². The lowest BCUT2D eigenvalue weighted by Gasteiger charge is -2.02. The van der Waals surface area contributed by atoms with Gasteiger partial charge in [-0.25, -0.2) is 9.48 Å². The molecule has 0 spiro atoms. The van der Waals surface area contributed by atoms with Gasteiger partial charge < -0.3 is 10.2 Å². The molecule has 7 nitrogen and oxygen atoms in total. The van der Waals surface area contributed by atoms with E-state index in [-0.39, 0.29) is 16.8 Å². The van der Waals surface area contributed by atoms with Crippen LogP contribution in [0.25, 0.3) is 34.0 Å². The van der Waals surface area contributed by atoms with Crippen molar-refractivity contribution in [2.45, 2.75) is 0 Å². The molecule has 0 atom stereocenters. The molecule has 0 aliphatic rings. The summed E-state index contributed by atoms with van der Waals surface area (Å²) in [4.78, 5) is 24.2. The average molecular weight is 382 g/mol. The first kappa shape index (κ1) is 17.9. The van der Waals surface area contributed by atoms with Gasteiger partial charge in [-0.1, -0.05) is 36.4 Å². The Balaban J connectivity index is 1.98. The molecule has 0 aliphatic heterocycles. The number of rotatable bonds is 4. The molecule has 2 heterocycles. The maximum atomic E-state index is 12.6. The van der Waals surface area contributed by atoms with Crippen LogP contribution < -0.4 is 11.4 Å². The number of carbonyl (C=O) groups is 1. The Bertz CT molecular complexity index is 1360. The molecule has 0 unspecified atom stereocenters. The van der Waals surface area contributed by atoms with E-state index in [1.807, 2.05) is 42.5 Å². The van der Waals surface area contributed by atoms with Crippen LogP contribution in [-0.4, -0.2) is 15.7 Å². The molecule has 0 radical (unpaired) electrons. The molecule has 0 saturated heterocycles. The van der Waals surface area contributed by atoms with Gasteiger partial charge in [0.15, 0.2) is 0 Å². The summed E-state index contributed by atoms with van der Waals surface area (Å²) < 4.78 is 6.98. The molecule has 0 saturated carbocycles. The first-order valence-corrected chi connectivity index (χ1v) is 8.67. The molecule has 0 aliphatic carbocycles. The molecule has 2 aromatic carbocycles. The van der Waals surface area contributed by atoms with Crippen molar-refractivity contribution < 1.29 is 9.21 Å². The third kappa shape index (κ3) is 3.42. The quantitative estimate of drug-likeness (QED) is 0.331. The summed E-state index contributed by atoms with van der Waals surface area (Å²) in [6.07, 6.45) is 2.94. The highest BCUT2D eigenvalue weighted by atomic mass is 16.4. The van der Waals surface area contributed by atoms with E-state index in [0.717, 1.165) is 11.1 Å². The fourth-order valence-electron chi connectivity index (χ4n) is 2.96. The second kappa shape index (κ2) is 7.29. The first-order chi connectivity index (χ1) is 14.1. The lowest BCUT2D eigenvalue weighted by molar-refractivity contribution is -0.114. The van der Waals surface area contributed by atoms with Gasteiger partial charge >= 0.3 is 5.63 Å². The average Bonchev–Trinajstić information content (AvgIpc) is 3.15. The summed E-state index contributed by atoms with van der Waals surface area (Å²) >= 11 is 0. The van der Waals surface area contributed by atoms with E-state index in [4.69, 9.17) is 10.2 Å². The summed E-state index contributed by atoms with van der Waals surface area (Å²) in [7, 11) is 0. The van der Waals surface area contributed by atoms with Crippen molar-refractivity contribution in [3.8, 4) is 23.0 Å². The maximum Gasteiger partial charge on any atom is 0.345 e. The number of aromatic nitrogens is 2. The summed E-state index contributed by atoms with van der Waals surface area (Å²) in [6.45, 7) is 0. The predicted molar refractivity (Wildman–Crippen MR) is 108 cm³/mol. The van der Waals surface area contributed by atoms with Crippen LogP contribution in [0.3, 0.4) is 0 Å². The minimum Gasteiger partial charge on any atom is -0.422 e. The summed E-state index contributed by atoms with van der Waals surface area (Å²) in [6, 6.07) is 19.8. The Morgan fingerprint density at radius 2 is 1.86 bits per heavy atom. The van der Waals surface area contributed by atoms with Crippen molar-refractivity contribution in [1.82, 2.24) is 9.78 Å². The number of fused-ring (bicyclic) bond motifs is 1. The highest BCUT2D eigenvalue weighted by Gasteiger charge is 2.17. The zero-order valence-corrected chi connectivity index (χ0v) is 15.1. The molecule has 7 heteroatoms. The van der Waals surface area contributed by atoms with E-state index in [9.17, 15) is 14.9 Å². The largest absolute Gasteiger partial charge is 0.422 e. The molecule has 4 rings (SSSR count). The highest BCUT2D eigenvalue weighted by molar-refractivity contribution is 6.01. The Morgan fingerprint density at radius 1 is 1.14 bits per heavy atom. The van der Waals surface area contributed by atoms with Crippen LogP contribution in [0.2, 0.25) is 0 Å². The minimum absolute atomic E-state index is 0.214. The van der Waals surface area contributed by atoms with Crippen molar-refractivity contribution in [2.75, 3.05) is 0 Å². The fourth-order valence-corrected chi connectivity index (χ4v) is 2.96. The van der Waals surface area contributed by atoms with E-state index in [0.29, 0.717) is 11.1 Å². The number of benzene rings is 2. The van der Waals surface area contributed by atoms with E-state index in [1.54, 1.807) is 35.1 Å². The van der Waals surface area contributed by atoms with Gasteiger partial charge in [-0.2, -0.15) is 10.4 Å². The van der Waals surface area contributed by atoms with Crippen LogP contribution in [0, 0.1) is 11.3 Å². The van der Waals surface area contributed by atoms with E-state index < -0.39 is 11.5 Å². The third-order valence-electron chi connectivity index (χ3n) is 4.35. The minimum atomic E-state index is -0.864. The molecule has 140 valence electrons. The number of nitrogens with two attached hydrogens (primary N) is 1. The van der Waals surface area contributed by atoms with Gasteiger partial charge in [0, 0.05) is 17.1 Å².